The highest BCUT2D eigenvalue weighted by atomic mass is 16.3. The predicted molar refractivity (Wildman–Crippen MR) is 77.5 cm³/mol. The Kier molecular flexibility index (Phi) is 4.40. The molecule has 108 valence electrons. The van der Waals surface area contributed by atoms with Crippen LogP contribution >= 0.6 is 0 Å². The van der Waals surface area contributed by atoms with E-state index in [9.17, 15) is 20.1 Å². The Morgan fingerprint density at radius 1 is 1.10 bits per heavy atom. The van der Waals surface area contributed by atoms with Crippen LogP contribution in [0, 0.1) is 0 Å². The van der Waals surface area contributed by atoms with Gasteiger partial charge in [-0.2, -0.15) is 5.10 Å². The number of aromatic hydroxyl groups is 3. The number of amides is 1. The molecule has 0 atom stereocenters. The third kappa shape index (κ3) is 3.73. The maximum Gasteiger partial charge on any atom is 0.271 e. The van der Waals surface area contributed by atoms with Gasteiger partial charge in [-0.3, -0.25) is 4.79 Å². The second-order valence-electron chi connectivity index (χ2n) is 4.31. The summed E-state index contributed by atoms with van der Waals surface area (Å²) >= 11 is 0. The number of rotatable bonds is 4. The van der Waals surface area contributed by atoms with E-state index >= 15 is 0 Å². The van der Waals surface area contributed by atoms with Crippen LogP contribution in [0.2, 0.25) is 0 Å². The summed E-state index contributed by atoms with van der Waals surface area (Å²) < 4.78 is 0. The molecule has 21 heavy (non-hydrogen) atoms. The van der Waals surface area contributed by atoms with Crippen molar-refractivity contribution in [1.29, 1.82) is 0 Å². The first-order valence-corrected chi connectivity index (χ1v) is 6.18. The molecule has 0 fully saturated rings. The topological polar surface area (TPSA) is 102 Å². The third-order valence-electron chi connectivity index (χ3n) is 2.76. The molecule has 0 aliphatic carbocycles. The number of phenolic OH excluding ortho intramolecular Hbond substituents is 3. The van der Waals surface area contributed by atoms with Crippen LogP contribution in [0.5, 0.6) is 17.2 Å². The first kappa shape index (κ1) is 14.4. The highest BCUT2D eigenvalue weighted by molar-refractivity contribution is 5.95. The number of nitrogens with zero attached hydrogens (tertiary/aromatic N) is 1. The van der Waals surface area contributed by atoms with Gasteiger partial charge in [0.25, 0.3) is 5.91 Å². The normalized spacial score (nSPS) is 10.7. The Bertz CT molecular complexity index is 646. The van der Waals surface area contributed by atoms with Crippen molar-refractivity contribution in [3.8, 4) is 17.2 Å². The standard InChI is InChI=1S/C15H14N2O4/c18-12-8-11(9-13(19)14(12)20)15(21)17-16-7-6-10-4-2-1-3-5-10/h1-5,7-9,18-20H,6H2,(H,17,21)/b16-7+. The first-order valence-electron chi connectivity index (χ1n) is 6.18. The van der Waals surface area contributed by atoms with E-state index in [1.807, 2.05) is 30.3 Å². The molecule has 0 saturated heterocycles. The van der Waals surface area contributed by atoms with E-state index in [0.717, 1.165) is 17.7 Å². The summed E-state index contributed by atoms with van der Waals surface area (Å²) in [4.78, 5) is 11.7. The summed E-state index contributed by atoms with van der Waals surface area (Å²) in [6, 6.07) is 11.7. The summed E-state index contributed by atoms with van der Waals surface area (Å²) in [6.07, 6.45) is 2.10. The van der Waals surface area contributed by atoms with Crippen LogP contribution < -0.4 is 5.43 Å². The molecule has 0 radical (unpaired) electrons. The van der Waals surface area contributed by atoms with Crippen LogP contribution in [0.25, 0.3) is 0 Å². The number of hydrazone groups is 1. The molecule has 6 heteroatoms. The van der Waals surface area contributed by atoms with Gasteiger partial charge in [0, 0.05) is 18.2 Å². The van der Waals surface area contributed by atoms with Gasteiger partial charge in [0.2, 0.25) is 0 Å². The van der Waals surface area contributed by atoms with Crippen molar-refractivity contribution in [2.24, 2.45) is 5.10 Å². The maximum absolute atomic E-state index is 11.7. The largest absolute Gasteiger partial charge is 0.504 e. The molecular formula is C15H14N2O4. The van der Waals surface area contributed by atoms with Crippen molar-refractivity contribution in [2.45, 2.75) is 6.42 Å². The molecule has 0 saturated carbocycles. The Hall–Kier alpha value is -3.02. The molecule has 4 N–H and O–H groups in total. The lowest BCUT2D eigenvalue weighted by Crippen LogP contribution is -2.17. The van der Waals surface area contributed by atoms with Crippen LogP contribution in [-0.2, 0) is 6.42 Å². The molecule has 6 nitrogen and oxygen atoms in total. The highest BCUT2D eigenvalue weighted by Crippen LogP contribution is 2.35. The monoisotopic (exact) mass is 286 g/mol. The first-order chi connectivity index (χ1) is 10.1. The minimum Gasteiger partial charge on any atom is -0.504 e. The Balaban J connectivity index is 1.96. The van der Waals surface area contributed by atoms with Gasteiger partial charge in [-0.05, 0) is 17.7 Å². The van der Waals surface area contributed by atoms with Crippen molar-refractivity contribution in [3.63, 3.8) is 0 Å². The van der Waals surface area contributed by atoms with E-state index in [4.69, 9.17) is 0 Å². The SMILES string of the molecule is O=C(N/N=C/Cc1ccccc1)c1cc(O)c(O)c(O)c1. The van der Waals surface area contributed by atoms with Crippen LogP contribution in [0.1, 0.15) is 15.9 Å². The van der Waals surface area contributed by atoms with Gasteiger partial charge in [0.05, 0.1) is 0 Å². The Morgan fingerprint density at radius 3 is 2.33 bits per heavy atom. The lowest BCUT2D eigenvalue weighted by molar-refractivity contribution is 0.0954. The molecule has 0 aromatic heterocycles. The number of phenols is 3. The fourth-order valence-electron chi connectivity index (χ4n) is 1.67. The van der Waals surface area contributed by atoms with Crippen molar-refractivity contribution in [3.05, 3.63) is 53.6 Å². The number of hydrogen-bond acceptors (Lipinski definition) is 5. The van der Waals surface area contributed by atoms with E-state index in [2.05, 4.69) is 10.5 Å². The zero-order valence-corrected chi connectivity index (χ0v) is 11.0. The lowest BCUT2D eigenvalue weighted by atomic mass is 10.2. The van der Waals surface area contributed by atoms with E-state index in [-0.39, 0.29) is 5.56 Å². The average molecular weight is 286 g/mol. The van der Waals surface area contributed by atoms with Gasteiger partial charge >= 0.3 is 0 Å². The highest BCUT2D eigenvalue weighted by Gasteiger charge is 2.12. The minimum atomic E-state index is -0.667. The molecule has 1 amide bonds. The van der Waals surface area contributed by atoms with Crippen molar-refractivity contribution >= 4 is 12.1 Å². The van der Waals surface area contributed by atoms with Crippen LogP contribution in [0.3, 0.4) is 0 Å². The number of hydrogen-bond donors (Lipinski definition) is 4. The van der Waals surface area contributed by atoms with Crippen LogP contribution in [-0.4, -0.2) is 27.4 Å². The summed E-state index contributed by atoms with van der Waals surface area (Å²) in [6.45, 7) is 0. The van der Waals surface area contributed by atoms with E-state index < -0.39 is 23.2 Å². The second-order valence-corrected chi connectivity index (χ2v) is 4.31. The molecule has 0 aliphatic heterocycles. The van der Waals surface area contributed by atoms with E-state index in [1.54, 1.807) is 0 Å². The average Bonchev–Trinajstić information content (AvgIpc) is 2.49. The van der Waals surface area contributed by atoms with Crippen molar-refractivity contribution in [1.82, 2.24) is 5.43 Å². The maximum atomic E-state index is 11.7. The minimum absolute atomic E-state index is 0.0142. The zero-order valence-electron chi connectivity index (χ0n) is 11.0. The van der Waals surface area contributed by atoms with Gasteiger partial charge in [0.1, 0.15) is 0 Å². The zero-order chi connectivity index (χ0) is 15.2. The predicted octanol–water partition coefficient (Wildman–Crippen LogP) is 1.76. The van der Waals surface area contributed by atoms with Gasteiger partial charge in [-0.1, -0.05) is 30.3 Å². The summed E-state index contributed by atoms with van der Waals surface area (Å²) in [5.74, 6) is -2.43. The molecular weight excluding hydrogens is 272 g/mol. The van der Waals surface area contributed by atoms with Gasteiger partial charge < -0.3 is 15.3 Å². The van der Waals surface area contributed by atoms with Gasteiger partial charge in [-0.15, -0.1) is 0 Å². The van der Waals surface area contributed by atoms with E-state index in [1.165, 1.54) is 6.21 Å². The molecule has 0 unspecified atom stereocenters. The second kappa shape index (κ2) is 6.42. The Labute approximate surface area is 121 Å². The fraction of sp³-hybridized carbons (Fsp3) is 0.0667. The molecule has 2 rings (SSSR count). The van der Waals surface area contributed by atoms with Crippen LogP contribution in [0.15, 0.2) is 47.6 Å². The molecule has 0 bridgehead atoms. The van der Waals surface area contributed by atoms with Gasteiger partial charge in [0.15, 0.2) is 17.2 Å². The smallest absolute Gasteiger partial charge is 0.271 e. The number of carbonyl (C=O) groups is 1. The summed E-state index contributed by atoms with van der Waals surface area (Å²) in [5.41, 5.74) is 3.31. The summed E-state index contributed by atoms with van der Waals surface area (Å²) in [7, 11) is 0. The molecule has 0 heterocycles. The lowest BCUT2D eigenvalue weighted by Gasteiger charge is -2.04. The van der Waals surface area contributed by atoms with E-state index in [0.29, 0.717) is 6.42 Å². The molecule has 0 spiro atoms. The van der Waals surface area contributed by atoms with Gasteiger partial charge in [-0.25, -0.2) is 5.43 Å². The van der Waals surface area contributed by atoms with Crippen molar-refractivity contribution < 1.29 is 20.1 Å². The number of nitrogens with one attached hydrogen (secondary N) is 1. The Morgan fingerprint density at radius 2 is 1.71 bits per heavy atom. The molecule has 2 aromatic rings. The third-order valence-corrected chi connectivity index (χ3v) is 2.76. The number of benzene rings is 2. The fourth-order valence-corrected chi connectivity index (χ4v) is 1.67. The quantitative estimate of drug-likeness (QED) is 0.391. The summed E-state index contributed by atoms with van der Waals surface area (Å²) in [5, 5.41) is 31.6. The van der Waals surface area contributed by atoms with Crippen molar-refractivity contribution in [2.75, 3.05) is 0 Å². The molecule has 2 aromatic carbocycles. The molecule has 0 aliphatic rings. The van der Waals surface area contributed by atoms with Crippen LogP contribution in [0.4, 0.5) is 0 Å². The number of carbonyl (C=O) groups excluding carboxylic acids is 1.